The smallest absolute Gasteiger partial charge is 0.190 e. The molecule has 140 valence electrons. The number of aromatic nitrogens is 1. The molecule has 5 nitrogen and oxygen atoms in total. The van der Waals surface area contributed by atoms with E-state index in [4.69, 9.17) is 4.74 Å². The normalized spacial score (nSPS) is 16.8. The molecule has 1 aliphatic carbocycles. The first kappa shape index (κ1) is 19.7. The van der Waals surface area contributed by atoms with Gasteiger partial charge in [0.15, 0.2) is 5.96 Å². The molecule has 1 aromatic heterocycles. The number of aliphatic imine (C=N–C) groups is 1. The molecule has 0 spiro atoms. The summed E-state index contributed by atoms with van der Waals surface area (Å²) in [6, 6.07) is 2.08. The second kappa shape index (κ2) is 11.1. The summed E-state index contributed by atoms with van der Waals surface area (Å²) in [5.74, 6) is 1.61. The number of pyridine rings is 1. The minimum absolute atomic E-state index is 0.387. The quantitative estimate of drug-likeness (QED) is 0.533. The SMILES string of the molecule is CCOC(CCNC(=NC)NCCc1ccncc1C)C1CCCC1. The lowest BCUT2D eigenvalue weighted by atomic mass is 9.98. The Bertz CT molecular complexity index is 526. The van der Waals surface area contributed by atoms with Crippen LogP contribution in [0, 0.1) is 12.8 Å². The first-order valence-corrected chi connectivity index (χ1v) is 9.70. The standard InChI is InChI=1S/C20H34N4O/c1-4-25-19(18-7-5-6-8-18)11-14-24-20(21-3)23-13-10-17-9-12-22-15-16(17)2/h9,12,15,18-19H,4-8,10-11,13-14H2,1-3H3,(H2,21,23,24). The molecule has 2 N–H and O–H groups in total. The molecule has 1 heterocycles. The lowest BCUT2D eigenvalue weighted by Gasteiger charge is -2.24. The molecular weight excluding hydrogens is 312 g/mol. The minimum Gasteiger partial charge on any atom is -0.378 e. The van der Waals surface area contributed by atoms with E-state index in [9.17, 15) is 0 Å². The average Bonchev–Trinajstić information content (AvgIpc) is 3.15. The second-order valence-corrected chi connectivity index (χ2v) is 6.80. The highest BCUT2D eigenvalue weighted by Gasteiger charge is 2.24. The highest BCUT2D eigenvalue weighted by atomic mass is 16.5. The van der Waals surface area contributed by atoms with Crippen LogP contribution in [0.1, 0.15) is 50.2 Å². The second-order valence-electron chi connectivity index (χ2n) is 6.80. The van der Waals surface area contributed by atoms with Gasteiger partial charge in [-0.3, -0.25) is 9.98 Å². The third kappa shape index (κ3) is 6.65. The van der Waals surface area contributed by atoms with Gasteiger partial charge in [-0.1, -0.05) is 12.8 Å². The molecule has 0 aromatic carbocycles. The van der Waals surface area contributed by atoms with Crippen LogP contribution in [0.25, 0.3) is 0 Å². The first-order chi connectivity index (χ1) is 12.2. The van der Waals surface area contributed by atoms with Crippen molar-refractivity contribution in [3.05, 3.63) is 29.6 Å². The predicted octanol–water partition coefficient (Wildman–Crippen LogP) is 3.08. The van der Waals surface area contributed by atoms with E-state index in [0.717, 1.165) is 44.4 Å². The van der Waals surface area contributed by atoms with Gasteiger partial charge in [0.1, 0.15) is 0 Å². The molecule has 0 aliphatic heterocycles. The Morgan fingerprint density at radius 3 is 2.76 bits per heavy atom. The van der Waals surface area contributed by atoms with Crippen LogP contribution in [0.5, 0.6) is 0 Å². The fraction of sp³-hybridized carbons (Fsp3) is 0.700. The van der Waals surface area contributed by atoms with Gasteiger partial charge in [-0.2, -0.15) is 0 Å². The van der Waals surface area contributed by atoms with E-state index < -0.39 is 0 Å². The van der Waals surface area contributed by atoms with Crippen LogP contribution in [0.4, 0.5) is 0 Å². The Balaban J connectivity index is 1.69. The Kier molecular flexibility index (Phi) is 8.73. The molecule has 1 atom stereocenters. The van der Waals surface area contributed by atoms with Gasteiger partial charge in [-0.25, -0.2) is 0 Å². The summed E-state index contributed by atoms with van der Waals surface area (Å²) >= 11 is 0. The Morgan fingerprint density at radius 2 is 2.08 bits per heavy atom. The molecule has 0 saturated heterocycles. The molecule has 2 rings (SSSR count). The van der Waals surface area contributed by atoms with Crippen molar-refractivity contribution in [1.82, 2.24) is 15.6 Å². The van der Waals surface area contributed by atoms with Gasteiger partial charge in [0.25, 0.3) is 0 Å². The highest BCUT2D eigenvalue weighted by Crippen LogP contribution is 2.30. The van der Waals surface area contributed by atoms with E-state index >= 15 is 0 Å². The summed E-state index contributed by atoms with van der Waals surface area (Å²) in [6.45, 7) is 6.76. The number of aryl methyl sites for hydroxylation is 1. The topological polar surface area (TPSA) is 58.5 Å². The summed E-state index contributed by atoms with van der Waals surface area (Å²) in [5, 5.41) is 6.83. The van der Waals surface area contributed by atoms with Crippen LogP contribution in [-0.4, -0.2) is 43.8 Å². The van der Waals surface area contributed by atoms with Crippen molar-refractivity contribution in [3.8, 4) is 0 Å². The maximum absolute atomic E-state index is 5.99. The van der Waals surface area contributed by atoms with Crippen LogP contribution in [-0.2, 0) is 11.2 Å². The maximum Gasteiger partial charge on any atom is 0.190 e. The van der Waals surface area contributed by atoms with Crippen molar-refractivity contribution in [2.45, 2.75) is 58.5 Å². The molecule has 25 heavy (non-hydrogen) atoms. The predicted molar refractivity (Wildman–Crippen MR) is 104 cm³/mol. The van der Waals surface area contributed by atoms with Gasteiger partial charge in [0, 0.05) is 39.1 Å². The van der Waals surface area contributed by atoms with Crippen LogP contribution in [0.2, 0.25) is 0 Å². The molecule has 0 bridgehead atoms. The van der Waals surface area contributed by atoms with E-state index in [2.05, 4.69) is 40.5 Å². The van der Waals surface area contributed by atoms with E-state index in [1.165, 1.54) is 36.8 Å². The number of rotatable bonds is 9. The van der Waals surface area contributed by atoms with E-state index in [0.29, 0.717) is 6.10 Å². The van der Waals surface area contributed by atoms with Gasteiger partial charge in [0.05, 0.1) is 6.10 Å². The molecule has 0 radical (unpaired) electrons. The summed E-state index contributed by atoms with van der Waals surface area (Å²) in [7, 11) is 1.82. The monoisotopic (exact) mass is 346 g/mol. The molecule has 5 heteroatoms. The number of nitrogens with one attached hydrogen (secondary N) is 2. The van der Waals surface area contributed by atoms with Crippen LogP contribution < -0.4 is 10.6 Å². The van der Waals surface area contributed by atoms with Gasteiger partial charge in [-0.05, 0) is 62.6 Å². The van der Waals surface area contributed by atoms with Gasteiger partial charge in [-0.15, -0.1) is 0 Å². The van der Waals surface area contributed by atoms with Crippen LogP contribution in [0.15, 0.2) is 23.5 Å². The third-order valence-electron chi connectivity index (χ3n) is 5.07. The molecule has 1 saturated carbocycles. The first-order valence-electron chi connectivity index (χ1n) is 9.70. The van der Waals surface area contributed by atoms with Gasteiger partial charge >= 0.3 is 0 Å². The lowest BCUT2D eigenvalue weighted by molar-refractivity contribution is 0.0169. The van der Waals surface area contributed by atoms with Crippen molar-refractivity contribution < 1.29 is 4.74 Å². The summed E-state index contributed by atoms with van der Waals surface area (Å²) in [4.78, 5) is 8.46. The van der Waals surface area contributed by atoms with Crippen molar-refractivity contribution in [1.29, 1.82) is 0 Å². The number of hydrogen-bond acceptors (Lipinski definition) is 3. The summed E-state index contributed by atoms with van der Waals surface area (Å²) in [6.07, 6.45) is 11.5. The number of ether oxygens (including phenoxy) is 1. The fourth-order valence-corrected chi connectivity index (χ4v) is 3.65. The Morgan fingerprint density at radius 1 is 1.32 bits per heavy atom. The maximum atomic E-state index is 5.99. The van der Waals surface area contributed by atoms with Crippen LogP contribution in [0.3, 0.4) is 0 Å². The molecule has 1 unspecified atom stereocenters. The number of guanidine groups is 1. The minimum atomic E-state index is 0.387. The molecule has 0 amide bonds. The van der Waals surface area contributed by atoms with E-state index in [1.54, 1.807) is 0 Å². The third-order valence-corrected chi connectivity index (χ3v) is 5.07. The lowest BCUT2D eigenvalue weighted by Crippen LogP contribution is -2.40. The molecule has 1 aliphatic rings. The van der Waals surface area contributed by atoms with Crippen molar-refractivity contribution in [2.24, 2.45) is 10.9 Å². The molecular formula is C20H34N4O. The number of hydrogen-bond donors (Lipinski definition) is 2. The fourth-order valence-electron chi connectivity index (χ4n) is 3.65. The summed E-state index contributed by atoms with van der Waals surface area (Å²) < 4.78 is 5.99. The zero-order valence-electron chi connectivity index (χ0n) is 16.1. The Labute approximate surface area is 152 Å². The summed E-state index contributed by atoms with van der Waals surface area (Å²) in [5.41, 5.74) is 2.57. The number of nitrogens with zero attached hydrogens (tertiary/aromatic N) is 2. The highest BCUT2D eigenvalue weighted by molar-refractivity contribution is 5.79. The Hall–Kier alpha value is -1.62. The van der Waals surface area contributed by atoms with Gasteiger partial charge < -0.3 is 15.4 Å². The van der Waals surface area contributed by atoms with Gasteiger partial charge in [0.2, 0.25) is 0 Å². The largest absolute Gasteiger partial charge is 0.378 e. The van der Waals surface area contributed by atoms with E-state index in [1.807, 2.05) is 19.4 Å². The van der Waals surface area contributed by atoms with Crippen LogP contribution >= 0.6 is 0 Å². The molecule has 1 aromatic rings. The zero-order valence-corrected chi connectivity index (χ0v) is 16.1. The average molecular weight is 347 g/mol. The van der Waals surface area contributed by atoms with Crippen molar-refractivity contribution >= 4 is 5.96 Å². The molecule has 1 fully saturated rings. The van der Waals surface area contributed by atoms with E-state index in [-0.39, 0.29) is 0 Å². The zero-order chi connectivity index (χ0) is 17.9. The van der Waals surface area contributed by atoms with Crippen molar-refractivity contribution in [3.63, 3.8) is 0 Å². The van der Waals surface area contributed by atoms with Crippen molar-refractivity contribution in [2.75, 3.05) is 26.7 Å².